The van der Waals surface area contributed by atoms with E-state index in [1.165, 1.54) is 6.07 Å². The molecule has 1 aliphatic carbocycles. The van der Waals surface area contributed by atoms with Gasteiger partial charge in [0.15, 0.2) is 0 Å². The molecule has 2 atom stereocenters. The van der Waals surface area contributed by atoms with E-state index in [1.807, 2.05) is 42.5 Å². The maximum atomic E-state index is 14.6. The number of hydrogen-bond donors (Lipinski definition) is 0. The molecule has 2 aromatic carbocycles. The van der Waals surface area contributed by atoms with Crippen LogP contribution in [0.3, 0.4) is 0 Å². The molecule has 0 bridgehead atoms. The lowest BCUT2D eigenvalue weighted by Gasteiger charge is -2.42. The maximum Gasteiger partial charge on any atom is 0.128 e. The summed E-state index contributed by atoms with van der Waals surface area (Å²) >= 11 is 0. The van der Waals surface area contributed by atoms with Crippen LogP contribution in [0.25, 0.3) is 0 Å². The predicted octanol–water partition coefficient (Wildman–Crippen LogP) is 4.59. The summed E-state index contributed by atoms with van der Waals surface area (Å²) in [5, 5.41) is 1.60. The van der Waals surface area contributed by atoms with Gasteiger partial charge in [-0.25, -0.2) is 4.39 Å². The quantitative estimate of drug-likeness (QED) is 0.820. The average molecular weight is 327 g/mol. The molecule has 0 radical (unpaired) electrons. The number of nitrogens with zero attached hydrogens (tertiary/aromatic N) is 1. The van der Waals surface area contributed by atoms with E-state index in [2.05, 4.69) is 0 Å². The van der Waals surface area contributed by atoms with Crippen molar-refractivity contribution in [2.45, 2.75) is 37.8 Å². The van der Waals surface area contributed by atoms with Crippen molar-refractivity contribution in [1.29, 1.82) is 0 Å². The summed E-state index contributed by atoms with van der Waals surface area (Å²) in [5.41, 5.74) is 1.25. The zero-order valence-corrected chi connectivity index (χ0v) is 13.7. The van der Waals surface area contributed by atoms with Crippen LogP contribution in [0.5, 0.6) is 0 Å². The van der Waals surface area contributed by atoms with Crippen molar-refractivity contribution < 1.29 is 14.1 Å². The van der Waals surface area contributed by atoms with Crippen LogP contribution in [0.1, 0.15) is 36.8 Å². The van der Waals surface area contributed by atoms with Crippen molar-refractivity contribution >= 4 is 0 Å². The van der Waals surface area contributed by atoms with Crippen molar-refractivity contribution in [2.24, 2.45) is 5.92 Å². The minimum absolute atomic E-state index is 0.178. The fourth-order valence-electron chi connectivity index (χ4n) is 4.09. The van der Waals surface area contributed by atoms with Crippen LogP contribution in [-0.4, -0.2) is 11.8 Å². The van der Waals surface area contributed by atoms with Gasteiger partial charge in [0.25, 0.3) is 0 Å². The molecule has 4 rings (SSSR count). The van der Waals surface area contributed by atoms with Crippen LogP contribution in [-0.2, 0) is 21.8 Å². The van der Waals surface area contributed by atoms with Crippen LogP contribution in [0.2, 0.25) is 0 Å². The van der Waals surface area contributed by atoms with Crippen molar-refractivity contribution in [3.8, 4) is 0 Å². The number of fused-ring (bicyclic) bond motifs is 1. The first-order valence-corrected chi connectivity index (χ1v) is 8.66. The van der Waals surface area contributed by atoms with Crippen LogP contribution in [0.4, 0.5) is 4.39 Å². The number of rotatable bonds is 4. The molecular weight excluding hydrogens is 305 g/mol. The second-order valence-electron chi connectivity index (χ2n) is 6.66. The van der Waals surface area contributed by atoms with Crippen molar-refractivity contribution in [1.82, 2.24) is 5.23 Å². The van der Waals surface area contributed by atoms with E-state index in [9.17, 15) is 4.39 Å². The first-order valence-electron chi connectivity index (χ1n) is 8.66. The van der Waals surface area contributed by atoms with E-state index in [-0.39, 0.29) is 11.7 Å². The Kier molecular flexibility index (Phi) is 4.35. The summed E-state index contributed by atoms with van der Waals surface area (Å²) in [5.74, 6) is 0.0853. The summed E-state index contributed by atoms with van der Waals surface area (Å²) in [6.45, 7) is 1.01. The summed E-state index contributed by atoms with van der Waals surface area (Å²) in [6, 6.07) is 17.0. The van der Waals surface area contributed by atoms with E-state index in [1.54, 1.807) is 11.3 Å². The lowest BCUT2D eigenvalue weighted by Crippen LogP contribution is -2.47. The fourth-order valence-corrected chi connectivity index (χ4v) is 4.09. The molecule has 0 spiro atoms. The van der Waals surface area contributed by atoms with Crippen LogP contribution >= 0.6 is 0 Å². The normalized spacial score (nSPS) is 27.1. The van der Waals surface area contributed by atoms with Crippen molar-refractivity contribution in [3.63, 3.8) is 0 Å². The lowest BCUT2D eigenvalue weighted by atomic mass is 9.70. The molecular formula is C20H22FNO2. The first-order chi connectivity index (χ1) is 11.8. The standard InChI is InChI=1S/C20H22FNO2/c21-19-12-5-4-11-18(19)20-13-7-6-10-17(20)15-24-22(20)23-14-16-8-2-1-3-9-16/h1-5,8-9,11-12,17H,6-7,10,13-15H2. The molecule has 2 fully saturated rings. The molecule has 126 valence electrons. The molecule has 1 aliphatic heterocycles. The fraction of sp³-hybridized carbons (Fsp3) is 0.400. The van der Waals surface area contributed by atoms with E-state index in [0.717, 1.165) is 31.2 Å². The highest BCUT2D eigenvalue weighted by molar-refractivity contribution is 5.28. The average Bonchev–Trinajstić information content (AvgIpc) is 3.00. The molecule has 2 aromatic rings. The Morgan fingerprint density at radius 3 is 2.71 bits per heavy atom. The van der Waals surface area contributed by atoms with Gasteiger partial charge in [-0.1, -0.05) is 66.6 Å². The third-order valence-corrected chi connectivity index (χ3v) is 5.29. The highest BCUT2D eigenvalue weighted by atomic mass is 19.1. The van der Waals surface area contributed by atoms with Gasteiger partial charge in [-0.3, -0.25) is 9.68 Å². The zero-order valence-electron chi connectivity index (χ0n) is 13.7. The van der Waals surface area contributed by atoms with Gasteiger partial charge in [0.1, 0.15) is 11.4 Å². The Morgan fingerprint density at radius 1 is 1.08 bits per heavy atom. The third-order valence-electron chi connectivity index (χ3n) is 5.29. The second-order valence-corrected chi connectivity index (χ2v) is 6.66. The van der Waals surface area contributed by atoms with Crippen LogP contribution in [0.15, 0.2) is 54.6 Å². The monoisotopic (exact) mass is 327 g/mol. The molecule has 2 unspecified atom stereocenters. The molecule has 1 heterocycles. The predicted molar refractivity (Wildman–Crippen MR) is 89.1 cm³/mol. The molecule has 3 nitrogen and oxygen atoms in total. The number of halogens is 1. The van der Waals surface area contributed by atoms with Crippen LogP contribution in [0, 0.1) is 11.7 Å². The highest BCUT2D eigenvalue weighted by Crippen LogP contribution is 2.51. The Morgan fingerprint density at radius 2 is 1.88 bits per heavy atom. The van der Waals surface area contributed by atoms with Gasteiger partial charge < -0.3 is 0 Å². The number of hydrogen-bond acceptors (Lipinski definition) is 3. The topological polar surface area (TPSA) is 21.7 Å². The number of benzene rings is 2. The second kappa shape index (κ2) is 6.63. The van der Waals surface area contributed by atoms with E-state index >= 15 is 0 Å². The molecule has 1 saturated heterocycles. The SMILES string of the molecule is Fc1ccccc1C12CCCCC1CON2OCc1ccccc1. The minimum Gasteiger partial charge on any atom is -0.273 e. The van der Waals surface area contributed by atoms with E-state index in [0.29, 0.717) is 18.8 Å². The largest absolute Gasteiger partial charge is 0.273 e. The zero-order chi connectivity index (χ0) is 16.4. The molecule has 0 N–H and O–H groups in total. The highest BCUT2D eigenvalue weighted by Gasteiger charge is 2.54. The van der Waals surface area contributed by atoms with Crippen molar-refractivity contribution in [2.75, 3.05) is 6.61 Å². The molecule has 0 amide bonds. The summed E-state index contributed by atoms with van der Waals surface area (Å²) < 4.78 is 14.6. The summed E-state index contributed by atoms with van der Waals surface area (Å²) in [6.07, 6.45) is 4.11. The number of hydroxylamine groups is 2. The van der Waals surface area contributed by atoms with Crippen LogP contribution < -0.4 is 0 Å². The molecule has 4 heteroatoms. The Balaban J connectivity index is 1.64. The minimum atomic E-state index is -0.516. The van der Waals surface area contributed by atoms with Crippen molar-refractivity contribution in [3.05, 3.63) is 71.5 Å². The third kappa shape index (κ3) is 2.65. The van der Waals surface area contributed by atoms with E-state index < -0.39 is 5.54 Å². The van der Waals surface area contributed by atoms with Gasteiger partial charge >= 0.3 is 0 Å². The summed E-state index contributed by atoms with van der Waals surface area (Å²) in [7, 11) is 0. The lowest BCUT2D eigenvalue weighted by molar-refractivity contribution is -0.393. The Labute approximate surface area is 141 Å². The Hall–Kier alpha value is -1.75. The van der Waals surface area contributed by atoms with Gasteiger partial charge in [0.05, 0.1) is 13.2 Å². The molecule has 24 heavy (non-hydrogen) atoms. The van der Waals surface area contributed by atoms with Gasteiger partial charge in [0, 0.05) is 11.5 Å². The van der Waals surface area contributed by atoms with E-state index in [4.69, 9.17) is 9.68 Å². The maximum absolute atomic E-state index is 14.6. The van der Waals surface area contributed by atoms with Gasteiger partial charge in [0.2, 0.25) is 0 Å². The molecule has 1 saturated carbocycles. The molecule has 0 aromatic heterocycles. The molecule has 2 aliphatic rings. The summed E-state index contributed by atoms with van der Waals surface area (Å²) in [4.78, 5) is 11.9. The van der Waals surface area contributed by atoms with Gasteiger partial charge in [-0.2, -0.15) is 0 Å². The Bertz CT molecular complexity index is 693. The van der Waals surface area contributed by atoms with Gasteiger partial charge in [-0.05, 0) is 24.5 Å². The smallest absolute Gasteiger partial charge is 0.128 e. The van der Waals surface area contributed by atoms with Gasteiger partial charge in [-0.15, -0.1) is 0 Å². The first kappa shape index (κ1) is 15.8.